The van der Waals surface area contributed by atoms with E-state index in [0.717, 1.165) is 24.1 Å². The van der Waals surface area contributed by atoms with E-state index in [1.54, 1.807) is 6.07 Å². The third kappa shape index (κ3) is 4.45. The van der Waals surface area contributed by atoms with Gasteiger partial charge in [0.05, 0.1) is 0 Å². The zero-order chi connectivity index (χ0) is 16.1. The number of hydrogen-bond acceptors (Lipinski definition) is 3. The minimum atomic E-state index is -0.400. The van der Waals surface area contributed by atoms with E-state index >= 15 is 0 Å². The topological polar surface area (TPSA) is 50.4 Å². The lowest BCUT2D eigenvalue weighted by atomic mass is 9.86. The maximum atomic E-state index is 13.1. The number of amides is 1. The van der Waals surface area contributed by atoms with Crippen molar-refractivity contribution in [2.75, 3.05) is 5.32 Å². The molecule has 1 fully saturated rings. The summed E-state index contributed by atoms with van der Waals surface area (Å²) in [5, 5.41) is 6.09. The molecule has 0 bridgehead atoms. The maximum absolute atomic E-state index is 13.1. The summed E-state index contributed by atoms with van der Waals surface area (Å²) in [6.07, 6.45) is 1.21. The van der Waals surface area contributed by atoms with E-state index in [2.05, 4.69) is 10.6 Å². The first-order valence-corrected chi connectivity index (χ1v) is 7.68. The van der Waals surface area contributed by atoms with Gasteiger partial charge in [0.15, 0.2) is 0 Å². The Morgan fingerprint density at radius 3 is 2.61 bits per heavy atom. The number of anilines is 1. The summed E-state index contributed by atoms with van der Waals surface area (Å²) < 4.78 is 18.3. The van der Waals surface area contributed by atoms with Crippen molar-refractivity contribution in [1.82, 2.24) is 5.32 Å². The highest BCUT2D eigenvalue weighted by Crippen LogP contribution is 2.24. The largest absolute Gasteiger partial charge is 0.445 e. The third-order valence-electron chi connectivity index (χ3n) is 3.87. The highest BCUT2D eigenvalue weighted by atomic mass is 19.1. The summed E-state index contributed by atoms with van der Waals surface area (Å²) in [5.41, 5.74) is 1.72. The van der Waals surface area contributed by atoms with Crippen LogP contribution in [0.25, 0.3) is 0 Å². The van der Waals surface area contributed by atoms with Crippen LogP contribution in [-0.2, 0) is 11.3 Å². The summed E-state index contributed by atoms with van der Waals surface area (Å²) in [5.74, 6) is -0.256. The van der Waals surface area contributed by atoms with Gasteiger partial charge in [-0.1, -0.05) is 36.4 Å². The number of benzene rings is 2. The number of hydrogen-bond donors (Lipinski definition) is 2. The Kier molecular flexibility index (Phi) is 4.76. The van der Waals surface area contributed by atoms with Gasteiger partial charge in [-0.25, -0.2) is 9.18 Å². The Balaban J connectivity index is 1.36. The maximum Gasteiger partial charge on any atom is 0.407 e. The SMILES string of the molecule is O=C(NC1CC(Nc2cccc(F)c2)C1)OCc1ccccc1. The van der Waals surface area contributed by atoms with Crippen LogP contribution in [0.4, 0.5) is 14.9 Å². The average Bonchev–Trinajstić information content (AvgIpc) is 2.52. The molecule has 2 aromatic rings. The van der Waals surface area contributed by atoms with Crippen LogP contribution >= 0.6 is 0 Å². The van der Waals surface area contributed by atoms with Gasteiger partial charge in [0.25, 0.3) is 0 Å². The lowest BCUT2D eigenvalue weighted by Gasteiger charge is -2.36. The molecule has 23 heavy (non-hydrogen) atoms. The molecule has 0 radical (unpaired) electrons. The molecule has 1 aliphatic rings. The molecule has 4 nitrogen and oxygen atoms in total. The van der Waals surface area contributed by atoms with Gasteiger partial charge in [-0.3, -0.25) is 0 Å². The first-order valence-electron chi connectivity index (χ1n) is 7.68. The number of halogens is 1. The fraction of sp³-hybridized carbons (Fsp3) is 0.278. The first-order chi connectivity index (χ1) is 11.2. The summed E-state index contributed by atoms with van der Waals surface area (Å²) in [6.45, 7) is 0.268. The summed E-state index contributed by atoms with van der Waals surface area (Å²) in [7, 11) is 0. The molecule has 2 aromatic carbocycles. The molecule has 0 atom stereocenters. The molecule has 0 spiro atoms. The second-order valence-corrected chi connectivity index (χ2v) is 5.73. The van der Waals surface area contributed by atoms with E-state index < -0.39 is 6.09 Å². The summed E-state index contributed by atoms with van der Waals surface area (Å²) >= 11 is 0. The Bertz CT molecular complexity index is 657. The lowest BCUT2D eigenvalue weighted by Crippen LogP contribution is -2.49. The number of alkyl carbamates (subject to hydrolysis) is 1. The van der Waals surface area contributed by atoms with E-state index in [-0.39, 0.29) is 24.5 Å². The second-order valence-electron chi connectivity index (χ2n) is 5.73. The molecule has 3 rings (SSSR count). The van der Waals surface area contributed by atoms with Crippen LogP contribution in [0, 0.1) is 5.82 Å². The molecule has 1 aliphatic carbocycles. The average molecular weight is 314 g/mol. The van der Waals surface area contributed by atoms with Gasteiger partial charge in [0, 0.05) is 17.8 Å². The van der Waals surface area contributed by atoms with Crippen molar-refractivity contribution in [2.45, 2.75) is 31.5 Å². The van der Waals surface area contributed by atoms with Crippen molar-refractivity contribution in [1.29, 1.82) is 0 Å². The molecule has 1 amide bonds. The third-order valence-corrected chi connectivity index (χ3v) is 3.87. The van der Waals surface area contributed by atoms with Crippen molar-refractivity contribution in [3.05, 3.63) is 66.0 Å². The van der Waals surface area contributed by atoms with E-state index in [4.69, 9.17) is 4.74 Å². The van der Waals surface area contributed by atoms with E-state index in [1.165, 1.54) is 12.1 Å². The van der Waals surface area contributed by atoms with Gasteiger partial charge in [-0.2, -0.15) is 0 Å². The van der Waals surface area contributed by atoms with Crippen molar-refractivity contribution >= 4 is 11.8 Å². The smallest absolute Gasteiger partial charge is 0.407 e. The molecule has 5 heteroatoms. The summed E-state index contributed by atoms with van der Waals surface area (Å²) in [6, 6.07) is 16.3. The molecule has 0 aliphatic heterocycles. The molecular weight excluding hydrogens is 295 g/mol. The number of carbonyl (C=O) groups excluding carboxylic acids is 1. The van der Waals surface area contributed by atoms with Gasteiger partial charge in [0.2, 0.25) is 0 Å². The number of nitrogens with one attached hydrogen (secondary N) is 2. The van der Waals surface area contributed by atoms with Crippen molar-refractivity contribution < 1.29 is 13.9 Å². The molecule has 2 N–H and O–H groups in total. The van der Waals surface area contributed by atoms with E-state index in [0.29, 0.717) is 0 Å². The molecule has 0 heterocycles. The van der Waals surface area contributed by atoms with Crippen LogP contribution in [0.15, 0.2) is 54.6 Å². The zero-order valence-corrected chi connectivity index (χ0v) is 12.7. The molecule has 0 aromatic heterocycles. The van der Waals surface area contributed by atoms with Crippen LogP contribution in [-0.4, -0.2) is 18.2 Å². The van der Waals surface area contributed by atoms with Crippen molar-refractivity contribution in [3.8, 4) is 0 Å². The number of ether oxygens (including phenoxy) is 1. The van der Waals surface area contributed by atoms with Crippen LogP contribution in [0.2, 0.25) is 0 Å². The van der Waals surface area contributed by atoms with Crippen molar-refractivity contribution in [3.63, 3.8) is 0 Å². The lowest BCUT2D eigenvalue weighted by molar-refractivity contribution is 0.129. The van der Waals surface area contributed by atoms with Gasteiger partial charge in [-0.05, 0) is 36.6 Å². The molecule has 0 unspecified atom stereocenters. The van der Waals surface area contributed by atoms with Crippen LogP contribution in [0.3, 0.4) is 0 Å². The standard InChI is InChI=1S/C18H19FN2O2/c19-14-7-4-8-15(9-14)20-16-10-17(11-16)21-18(22)23-12-13-5-2-1-3-6-13/h1-9,16-17,20H,10-12H2,(H,21,22). The molecule has 0 saturated heterocycles. The Morgan fingerprint density at radius 2 is 1.87 bits per heavy atom. The minimum absolute atomic E-state index is 0.101. The molecular formula is C18H19FN2O2. The van der Waals surface area contributed by atoms with Crippen LogP contribution in [0.1, 0.15) is 18.4 Å². The quantitative estimate of drug-likeness (QED) is 0.885. The normalized spacial score (nSPS) is 19.5. The first kappa shape index (κ1) is 15.3. The minimum Gasteiger partial charge on any atom is -0.445 e. The van der Waals surface area contributed by atoms with Crippen LogP contribution < -0.4 is 10.6 Å². The highest BCUT2D eigenvalue weighted by Gasteiger charge is 2.30. The Morgan fingerprint density at radius 1 is 1.09 bits per heavy atom. The fourth-order valence-corrected chi connectivity index (χ4v) is 2.60. The summed E-state index contributed by atoms with van der Waals surface area (Å²) in [4.78, 5) is 11.7. The van der Waals surface area contributed by atoms with Crippen LogP contribution in [0.5, 0.6) is 0 Å². The van der Waals surface area contributed by atoms with E-state index in [1.807, 2.05) is 36.4 Å². The predicted octanol–water partition coefficient (Wildman–Crippen LogP) is 3.70. The van der Waals surface area contributed by atoms with Gasteiger partial charge < -0.3 is 15.4 Å². The van der Waals surface area contributed by atoms with E-state index in [9.17, 15) is 9.18 Å². The second kappa shape index (κ2) is 7.13. The zero-order valence-electron chi connectivity index (χ0n) is 12.7. The monoisotopic (exact) mass is 314 g/mol. The van der Waals surface area contributed by atoms with Gasteiger partial charge in [0.1, 0.15) is 12.4 Å². The van der Waals surface area contributed by atoms with Gasteiger partial charge >= 0.3 is 6.09 Å². The number of carbonyl (C=O) groups is 1. The molecule has 1 saturated carbocycles. The predicted molar refractivity (Wildman–Crippen MR) is 86.6 cm³/mol. The number of rotatable bonds is 5. The Hall–Kier alpha value is -2.56. The van der Waals surface area contributed by atoms with Gasteiger partial charge in [-0.15, -0.1) is 0 Å². The molecule has 120 valence electrons. The van der Waals surface area contributed by atoms with Crippen molar-refractivity contribution in [2.24, 2.45) is 0 Å². The highest BCUT2D eigenvalue weighted by molar-refractivity contribution is 5.67. The fourth-order valence-electron chi connectivity index (χ4n) is 2.60. The Labute approximate surface area is 134 Å².